The van der Waals surface area contributed by atoms with Crippen LogP contribution in [-0.4, -0.2) is 46.3 Å². The fraction of sp³-hybridized carbons (Fsp3) is 0.412. The molecule has 1 aliphatic rings. The van der Waals surface area contributed by atoms with E-state index in [4.69, 9.17) is 0 Å². The van der Waals surface area contributed by atoms with Crippen molar-refractivity contribution in [2.24, 2.45) is 0 Å². The summed E-state index contributed by atoms with van der Waals surface area (Å²) in [4.78, 5) is 14.4. The monoisotopic (exact) mass is 352 g/mol. The number of aryl methyl sites for hydroxylation is 2. The molecule has 2 aromatic rings. The molecular weight excluding hydrogens is 331 g/mol. The number of nitrogens with one attached hydrogen (secondary N) is 1. The maximum absolute atomic E-state index is 14.5. The van der Waals surface area contributed by atoms with Crippen LogP contribution in [0.5, 0.6) is 0 Å². The van der Waals surface area contributed by atoms with Gasteiger partial charge >= 0.3 is 0 Å². The number of nitrogens with zero attached hydrogens (tertiary/aromatic N) is 3. The van der Waals surface area contributed by atoms with Crippen molar-refractivity contribution in [2.45, 2.75) is 26.8 Å². The van der Waals surface area contributed by atoms with Crippen LogP contribution in [0.2, 0.25) is 0 Å². The smallest absolute Gasteiger partial charge is 0.254 e. The first-order valence-electron chi connectivity index (χ1n) is 7.82. The number of amides is 1. The van der Waals surface area contributed by atoms with Gasteiger partial charge in [-0.3, -0.25) is 4.79 Å². The highest BCUT2D eigenvalue weighted by molar-refractivity contribution is 5.94. The number of halogens is 2. The summed E-state index contributed by atoms with van der Waals surface area (Å²) >= 11 is 0. The third-order valence-corrected chi connectivity index (χ3v) is 4.19. The second kappa shape index (κ2) is 7.32. The van der Waals surface area contributed by atoms with Gasteiger partial charge in [0, 0.05) is 36.9 Å². The van der Waals surface area contributed by atoms with Crippen LogP contribution < -0.4 is 5.32 Å². The highest BCUT2D eigenvalue weighted by Gasteiger charge is 2.24. The van der Waals surface area contributed by atoms with Crippen LogP contribution in [0.25, 0.3) is 5.69 Å². The molecule has 1 aromatic carbocycles. The summed E-state index contributed by atoms with van der Waals surface area (Å²) < 4.78 is 16.1. The number of hydrogen-bond acceptors (Lipinski definition) is 3. The van der Waals surface area contributed by atoms with Crippen LogP contribution >= 0.6 is 12.4 Å². The van der Waals surface area contributed by atoms with Crippen LogP contribution in [0.4, 0.5) is 4.39 Å². The summed E-state index contributed by atoms with van der Waals surface area (Å²) in [7, 11) is 0. The minimum Gasteiger partial charge on any atom is -0.333 e. The van der Waals surface area contributed by atoms with E-state index in [1.54, 1.807) is 21.7 Å². The van der Waals surface area contributed by atoms with Gasteiger partial charge in [-0.15, -0.1) is 12.4 Å². The molecule has 0 radical (unpaired) electrons. The van der Waals surface area contributed by atoms with Gasteiger partial charge in [0.2, 0.25) is 0 Å². The number of aromatic nitrogens is 2. The molecule has 1 atom stereocenters. The molecule has 7 heteroatoms. The maximum Gasteiger partial charge on any atom is 0.254 e. The number of piperazine rings is 1. The summed E-state index contributed by atoms with van der Waals surface area (Å²) in [5, 5.41) is 7.53. The summed E-state index contributed by atoms with van der Waals surface area (Å²) in [6, 6.07) is 6.60. The number of carbonyl (C=O) groups is 1. The van der Waals surface area contributed by atoms with E-state index in [9.17, 15) is 9.18 Å². The van der Waals surface area contributed by atoms with Gasteiger partial charge in [-0.05, 0) is 45.0 Å². The fourth-order valence-corrected chi connectivity index (χ4v) is 2.99. The van der Waals surface area contributed by atoms with Crippen LogP contribution in [0, 0.1) is 19.7 Å². The minimum absolute atomic E-state index is 0. The summed E-state index contributed by atoms with van der Waals surface area (Å²) in [6.45, 7) is 7.90. The second-order valence-electron chi connectivity index (χ2n) is 6.06. The van der Waals surface area contributed by atoms with Crippen molar-refractivity contribution in [2.75, 3.05) is 19.6 Å². The minimum atomic E-state index is -0.440. The number of rotatable bonds is 2. The molecule has 1 saturated heterocycles. The Morgan fingerprint density at radius 3 is 2.67 bits per heavy atom. The van der Waals surface area contributed by atoms with Gasteiger partial charge in [-0.1, -0.05) is 0 Å². The first-order valence-corrected chi connectivity index (χ1v) is 7.82. The quantitative estimate of drug-likeness (QED) is 0.903. The van der Waals surface area contributed by atoms with Gasteiger partial charge in [0.05, 0.1) is 5.69 Å². The third-order valence-electron chi connectivity index (χ3n) is 4.19. The van der Waals surface area contributed by atoms with E-state index >= 15 is 0 Å². The van der Waals surface area contributed by atoms with E-state index in [0.29, 0.717) is 17.8 Å². The molecule has 0 spiro atoms. The summed E-state index contributed by atoms with van der Waals surface area (Å²) in [5.74, 6) is -0.567. The molecule has 1 N–H and O–H groups in total. The van der Waals surface area contributed by atoms with Crippen molar-refractivity contribution in [3.8, 4) is 5.69 Å². The Bertz CT molecular complexity index is 746. The number of carbonyl (C=O) groups excluding carboxylic acids is 1. The van der Waals surface area contributed by atoms with Crippen LogP contribution in [0.15, 0.2) is 24.3 Å². The van der Waals surface area contributed by atoms with Crippen molar-refractivity contribution in [1.29, 1.82) is 0 Å². The highest BCUT2D eigenvalue weighted by atomic mass is 35.5. The number of benzene rings is 1. The molecule has 1 aliphatic heterocycles. The fourth-order valence-electron chi connectivity index (χ4n) is 2.99. The maximum atomic E-state index is 14.5. The second-order valence-corrected chi connectivity index (χ2v) is 6.06. The molecular formula is C17H22ClFN4O. The zero-order chi connectivity index (χ0) is 16.6. The Labute approximate surface area is 147 Å². The van der Waals surface area contributed by atoms with Crippen molar-refractivity contribution in [3.63, 3.8) is 0 Å². The lowest BCUT2D eigenvalue weighted by Crippen LogP contribution is -2.52. The van der Waals surface area contributed by atoms with Crippen molar-refractivity contribution >= 4 is 18.3 Å². The molecule has 1 fully saturated rings. The average molecular weight is 353 g/mol. The van der Waals surface area contributed by atoms with E-state index in [2.05, 4.69) is 10.4 Å². The summed E-state index contributed by atoms with van der Waals surface area (Å²) in [6.07, 6.45) is 0. The van der Waals surface area contributed by atoms with E-state index in [0.717, 1.165) is 24.5 Å². The molecule has 0 aliphatic carbocycles. The van der Waals surface area contributed by atoms with Gasteiger partial charge < -0.3 is 10.2 Å². The van der Waals surface area contributed by atoms with Gasteiger partial charge in [-0.25, -0.2) is 9.07 Å². The molecule has 130 valence electrons. The largest absolute Gasteiger partial charge is 0.333 e. The van der Waals surface area contributed by atoms with E-state index in [1.165, 1.54) is 6.07 Å². The van der Waals surface area contributed by atoms with Crippen molar-refractivity contribution < 1.29 is 9.18 Å². The Morgan fingerprint density at radius 2 is 2.08 bits per heavy atom. The van der Waals surface area contributed by atoms with Gasteiger partial charge in [0.15, 0.2) is 0 Å². The lowest BCUT2D eigenvalue weighted by Gasteiger charge is -2.34. The van der Waals surface area contributed by atoms with Crippen LogP contribution in [-0.2, 0) is 0 Å². The molecule has 0 bridgehead atoms. The van der Waals surface area contributed by atoms with E-state index in [1.807, 2.05) is 26.8 Å². The normalized spacial score (nSPS) is 17.5. The molecule has 1 amide bonds. The van der Waals surface area contributed by atoms with Crippen molar-refractivity contribution in [3.05, 3.63) is 47.0 Å². The van der Waals surface area contributed by atoms with Crippen LogP contribution in [0.3, 0.4) is 0 Å². The topological polar surface area (TPSA) is 50.2 Å². The standard InChI is InChI=1S/C17H21FN4O.ClH/c1-11-8-12(2)22(20-11)16-5-4-14(9-15(16)18)17(23)21-7-6-19-10-13(21)3;/h4-5,8-9,13,19H,6-7,10H2,1-3H3;1H/t13-;/m0./s1. The lowest BCUT2D eigenvalue weighted by atomic mass is 10.1. The van der Waals surface area contributed by atoms with Gasteiger partial charge in [0.1, 0.15) is 11.5 Å². The van der Waals surface area contributed by atoms with E-state index < -0.39 is 5.82 Å². The lowest BCUT2D eigenvalue weighted by molar-refractivity contribution is 0.0655. The highest BCUT2D eigenvalue weighted by Crippen LogP contribution is 2.19. The van der Waals surface area contributed by atoms with Crippen molar-refractivity contribution in [1.82, 2.24) is 20.0 Å². The Hall–Kier alpha value is -1.92. The Morgan fingerprint density at radius 1 is 1.33 bits per heavy atom. The first kappa shape index (κ1) is 18.4. The molecule has 2 heterocycles. The molecule has 3 rings (SSSR count). The first-order chi connectivity index (χ1) is 11.0. The molecule has 1 aromatic heterocycles. The molecule has 5 nitrogen and oxygen atoms in total. The van der Waals surface area contributed by atoms with Gasteiger partial charge in [-0.2, -0.15) is 5.10 Å². The Kier molecular flexibility index (Phi) is 5.62. The molecule has 24 heavy (non-hydrogen) atoms. The summed E-state index contributed by atoms with van der Waals surface area (Å²) in [5.41, 5.74) is 2.43. The predicted molar refractivity (Wildman–Crippen MR) is 93.6 cm³/mol. The SMILES string of the molecule is Cc1cc(C)n(-c2ccc(C(=O)N3CCNC[C@@H]3C)cc2F)n1.Cl. The average Bonchev–Trinajstić information content (AvgIpc) is 2.85. The third kappa shape index (κ3) is 3.44. The van der Waals surface area contributed by atoms with Crippen LogP contribution in [0.1, 0.15) is 28.7 Å². The zero-order valence-corrected chi connectivity index (χ0v) is 14.9. The zero-order valence-electron chi connectivity index (χ0n) is 14.0. The van der Waals surface area contributed by atoms with Gasteiger partial charge in [0.25, 0.3) is 5.91 Å². The number of hydrogen-bond donors (Lipinski definition) is 1. The Balaban J connectivity index is 0.00000208. The van der Waals surface area contributed by atoms with E-state index in [-0.39, 0.29) is 24.4 Å². The molecule has 0 saturated carbocycles. The predicted octanol–water partition coefficient (Wildman–Crippen LogP) is 2.48. The molecule has 0 unspecified atom stereocenters.